The number of amides is 3. The van der Waals surface area contributed by atoms with E-state index in [1.54, 1.807) is 13.0 Å². The first kappa shape index (κ1) is 16.6. The van der Waals surface area contributed by atoms with E-state index in [-0.39, 0.29) is 17.4 Å². The smallest absolute Gasteiger partial charge is 0.332 e. The van der Waals surface area contributed by atoms with Crippen molar-refractivity contribution in [3.8, 4) is 11.5 Å². The molecule has 0 fully saturated rings. The number of carbonyl (C=O) groups excluding carboxylic acids is 2. The van der Waals surface area contributed by atoms with Gasteiger partial charge in [-0.2, -0.15) is 5.10 Å². The maximum atomic E-state index is 10.8. The average Bonchev–Trinajstić information content (AvgIpc) is 2.37. The van der Waals surface area contributed by atoms with Gasteiger partial charge in [-0.15, -0.1) is 0 Å². The Morgan fingerprint density at radius 1 is 1.38 bits per heavy atom. The Kier molecular flexibility index (Phi) is 6.28. The molecule has 0 aliphatic rings. The molecule has 0 aliphatic heterocycles. The van der Waals surface area contributed by atoms with E-state index in [0.29, 0.717) is 17.9 Å². The summed E-state index contributed by atoms with van der Waals surface area (Å²) < 4.78 is 10.6. The number of hydrogen-bond donors (Lipinski definition) is 3. The van der Waals surface area contributed by atoms with Gasteiger partial charge in [0.2, 0.25) is 0 Å². The lowest BCUT2D eigenvalue weighted by atomic mass is 10.2. The van der Waals surface area contributed by atoms with Crippen molar-refractivity contribution in [1.29, 1.82) is 0 Å². The largest absolute Gasteiger partial charge is 0.490 e. The van der Waals surface area contributed by atoms with Gasteiger partial charge in [0.25, 0.3) is 5.91 Å². The summed E-state index contributed by atoms with van der Waals surface area (Å²) in [6.07, 6.45) is 1.33. The minimum atomic E-state index is -0.788. The summed E-state index contributed by atoms with van der Waals surface area (Å²) in [6.45, 7) is 1.82. The molecule has 0 atom stereocenters. The van der Waals surface area contributed by atoms with Crippen molar-refractivity contribution in [2.24, 2.45) is 16.6 Å². The monoisotopic (exact) mass is 314 g/mol. The zero-order valence-electron chi connectivity index (χ0n) is 11.3. The van der Waals surface area contributed by atoms with Gasteiger partial charge in [0, 0.05) is 0 Å². The van der Waals surface area contributed by atoms with Crippen molar-refractivity contribution in [3.63, 3.8) is 0 Å². The molecule has 1 aromatic carbocycles. The number of benzene rings is 1. The molecular weight excluding hydrogens is 300 g/mol. The van der Waals surface area contributed by atoms with E-state index in [9.17, 15) is 9.59 Å². The molecule has 5 N–H and O–H groups in total. The van der Waals surface area contributed by atoms with E-state index in [0.717, 1.165) is 0 Å². The lowest BCUT2D eigenvalue weighted by Gasteiger charge is -2.13. The Morgan fingerprint density at radius 3 is 2.67 bits per heavy atom. The van der Waals surface area contributed by atoms with Crippen molar-refractivity contribution in [2.75, 3.05) is 13.2 Å². The van der Waals surface area contributed by atoms with Crippen LogP contribution in [0.4, 0.5) is 4.79 Å². The molecule has 0 bridgehead atoms. The predicted molar refractivity (Wildman–Crippen MR) is 77.6 cm³/mol. The second kappa shape index (κ2) is 7.95. The lowest BCUT2D eigenvalue weighted by molar-refractivity contribution is -0.119. The average molecular weight is 315 g/mol. The highest BCUT2D eigenvalue weighted by molar-refractivity contribution is 6.32. The van der Waals surface area contributed by atoms with Gasteiger partial charge in [-0.25, -0.2) is 10.2 Å². The standard InChI is InChI=1S/C12H15ClN4O4/c1-2-20-9-4-7(5-16-17-12(15)19)3-8(13)11(9)21-6-10(14)18/h3-5H,2,6H2,1H3,(H2,14,18)(H3,15,17,19). The molecule has 0 saturated carbocycles. The summed E-state index contributed by atoms with van der Waals surface area (Å²) in [5.41, 5.74) is 12.5. The number of nitrogens with zero attached hydrogens (tertiary/aromatic N) is 1. The van der Waals surface area contributed by atoms with Crippen LogP contribution in [0.1, 0.15) is 12.5 Å². The highest BCUT2D eigenvalue weighted by Gasteiger charge is 2.13. The molecule has 0 saturated heterocycles. The number of hydrogen-bond acceptors (Lipinski definition) is 5. The van der Waals surface area contributed by atoms with Crippen LogP contribution in [0.3, 0.4) is 0 Å². The quantitative estimate of drug-likeness (QED) is 0.502. The van der Waals surface area contributed by atoms with Crippen LogP contribution in [-0.2, 0) is 4.79 Å². The number of hydrazone groups is 1. The van der Waals surface area contributed by atoms with E-state index in [1.165, 1.54) is 12.3 Å². The summed E-state index contributed by atoms with van der Waals surface area (Å²) in [7, 11) is 0. The molecule has 9 heteroatoms. The fraction of sp³-hybridized carbons (Fsp3) is 0.250. The van der Waals surface area contributed by atoms with Crippen LogP contribution in [0.5, 0.6) is 11.5 Å². The minimum absolute atomic E-state index is 0.206. The van der Waals surface area contributed by atoms with Crippen LogP contribution < -0.4 is 26.4 Å². The number of nitrogens with one attached hydrogen (secondary N) is 1. The molecule has 114 valence electrons. The van der Waals surface area contributed by atoms with Gasteiger partial charge in [-0.05, 0) is 24.6 Å². The molecule has 0 radical (unpaired) electrons. The van der Waals surface area contributed by atoms with Crippen LogP contribution >= 0.6 is 11.6 Å². The maximum Gasteiger partial charge on any atom is 0.332 e. The zero-order valence-corrected chi connectivity index (χ0v) is 12.0. The second-order valence-corrected chi connectivity index (χ2v) is 4.16. The lowest BCUT2D eigenvalue weighted by Crippen LogP contribution is -2.24. The first-order valence-electron chi connectivity index (χ1n) is 5.90. The number of carbonyl (C=O) groups is 2. The van der Waals surface area contributed by atoms with Crippen molar-refractivity contribution >= 4 is 29.8 Å². The summed E-state index contributed by atoms with van der Waals surface area (Å²) >= 11 is 6.06. The van der Waals surface area contributed by atoms with Crippen LogP contribution in [0.2, 0.25) is 5.02 Å². The summed E-state index contributed by atoms with van der Waals surface area (Å²) in [5, 5.41) is 3.82. The van der Waals surface area contributed by atoms with Gasteiger partial charge < -0.3 is 20.9 Å². The molecule has 0 spiro atoms. The van der Waals surface area contributed by atoms with E-state index in [1.807, 2.05) is 0 Å². The predicted octanol–water partition coefficient (Wildman–Crippen LogP) is 0.605. The third-order valence-electron chi connectivity index (χ3n) is 2.08. The normalized spacial score (nSPS) is 10.4. The van der Waals surface area contributed by atoms with Gasteiger partial charge in [0.05, 0.1) is 17.8 Å². The summed E-state index contributed by atoms with van der Waals surface area (Å²) in [5.74, 6) is -0.103. The Bertz CT molecular complexity index is 562. The molecule has 1 aromatic rings. The Hall–Kier alpha value is -2.48. The molecular formula is C12H15ClN4O4. The molecule has 1 rings (SSSR count). The Labute approximate surface area is 126 Å². The maximum absolute atomic E-state index is 10.8. The van der Waals surface area contributed by atoms with Crippen LogP contribution in [0.15, 0.2) is 17.2 Å². The fourth-order valence-corrected chi connectivity index (χ4v) is 1.65. The van der Waals surface area contributed by atoms with Crippen molar-refractivity contribution in [2.45, 2.75) is 6.92 Å². The van der Waals surface area contributed by atoms with Crippen molar-refractivity contribution < 1.29 is 19.1 Å². The number of ether oxygens (including phenoxy) is 2. The topological polar surface area (TPSA) is 129 Å². The first-order chi connectivity index (χ1) is 9.93. The van der Waals surface area contributed by atoms with E-state index < -0.39 is 11.9 Å². The van der Waals surface area contributed by atoms with Gasteiger partial charge in [0.15, 0.2) is 18.1 Å². The number of primary amides is 2. The van der Waals surface area contributed by atoms with Crippen LogP contribution in [0.25, 0.3) is 0 Å². The first-order valence-corrected chi connectivity index (χ1v) is 6.27. The van der Waals surface area contributed by atoms with Crippen molar-refractivity contribution in [3.05, 3.63) is 22.7 Å². The van der Waals surface area contributed by atoms with E-state index in [2.05, 4.69) is 10.5 Å². The zero-order chi connectivity index (χ0) is 15.8. The molecule has 0 aromatic heterocycles. The molecule has 8 nitrogen and oxygen atoms in total. The number of urea groups is 1. The fourth-order valence-electron chi connectivity index (χ4n) is 1.38. The van der Waals surface area contributed by atoms with E-state index in [4.69, 9.17) is 32.5 Å². The number of rotatable bonds is 7. The molecule has 0 unspecified atom stereocenters. The number of nitrogens with two attached hydrogens (primary N) is 2. The highest BCUT2D eigenvalue weighted by atomic mass is 35.5. The van der Waals surface area contributed by atoms with Crippen molar-refractivity contribution in [1.82, 2.24) is 5.43 Å². The SMILES string of the molecule is CCOc1cc(C=NNC(N)=O)cc(Cl)c1OCC(N)=O. The second-order valence-electron chi connectivity index (χ2n) is 3.75. The van der Waals surface area contributed by atoms with Gasteiger partial charge in [-0.3, -0.25) is 4.79 Å². The molecule has 0 aliphatic carbocycles. The minimum Gasteiger partial charge on any atom is -0.490 e. The molecule has 21 heavy (non-hydrogen) atoms. The van der Waals surface area contributed by atoms with Gasteiger partial charge in [0.1, 0.15) is 0 Å². The molecule has 0 heterocycles. The summed E-state index contributed by atoms with van der Waals surface area (Å²) in [4.78, 5) is 21.3. The summed E-state index contributed by atoms with van der Waals surface area (Å²) in [6, 6.07) is 2.31. The van der Waals surface area contributed by atoms with Crippen LogP contribution in [0, 0.1) is 0 Å². The Balaban J connectivity index is 3.02. The van der Waals surface area contributed by atoms with Gasteiger partial charge >= 0.3 is 6.03 Å². The van der Waals surface area contributed by atoms with Gasteiger partial charge in [-0.1, -0.05) is 11.6 Å². The highest BCUT2D eigenvalue weighted by Crippen LogP contribution is 2.36. The van der Waals surface area contributed by atoms with E-state index >= 15 is 0 Å². The Morgan fingerprint density at radius 2 is 2.10 bits per heavy atom. The molecule has 3 amide bonds. The van der Waals surface area contributed by atoms with Crippen LogP contribution in [-0.4, -0.2) is 31.4 Å². The third-order valence-corrected chi connectivity index (χ3v) is 2.36. The third kappa shape index (κ3) is 5.57. The number of halogens is 1.